The highest BCUT2D eigenvalue weighted by Crippen LogP contribution is 2.21. The molecular weight excluding hydrogens is 396 g/mol. The van der Waals surface area contributed by atoms with Crippen molar-refractivity contribution in [1.29, 1.82) is 0 Å². The van der Waals surface area contributed by atoms with Gasteiger partial charge in [0, 0.05) is 12.1 Å². The molecule has 0 aliphatic rings. The van der Waals surface area contributed by atoms with Gasteiger partial charge >= 0.3 is 0 Å². The van der Waals surface area contributed by atoms with E-state index in [1.165, 1.54) is 23.3 Å². The maximum Gasteiger partial charge on any atom is 0.261 e. The van der Waals surface area contributed by atoms with Gasteiger partial charge < -0.3 is 5.32 Å². The van der Waals surface area contributed by atoms with Crippen molar-refractivity contribution in [3.63, 3.8) is 0 Å². The first-order chi connectivity index (χ1) is 14.3. The van der Waals surface area contributed by atoms with Crippen LogP contribution in [0.15, 0.2) is 77.7 Å². The number of carbonyl (C=O) groups is 1. The van der Waals surface area contributed by atoms with Gasteiger partial charge in [-0.15, -0.1) is 0 Å². The third kappa shape index (κ3) is 5.70. The van der Waals surface area contributed by atoms with Gasteiger partial charge in [0.25, 0.3) is 15.9 Å². The summed E-state index contributed by atoms with van der Waals surface area (Å²) in [6, 6.07) is 21.5. The number of anilines is 1. The van der Waals surface area contributed by atoms with Crippen molar-refractivity contribution in [2.45, 2.75) is 31.6 Å². The summed E-state index contributed by atoms with van der Waals surface area (Å²) in [7, 11) is -3.67. The van der Waals surface area contributed by atoms with E-state index in [1.807, 2.05) is 0 Å². The second-order valence-electron chi connectivity index (χ2n) is 7.29. The van der Waals surface area contributed by atoms with Crippen molar-refractivity contribution in [3.8, 4) is 0 Å². The predicted molar refractivity (Wildman–Crippen MR) is 120 cm³/mol. The van der Waals surface area contributed by atoms with Crippen molar-refractivity contribution >= 4 is 21.6 Å². The lowest BCUT2D eigenvalue weighted by molar-refractivity contribution is 0.0953. The molecule has 0 fully saturated rings. The standard InChI is InChI=1S/C24H26N2O3S/c1-18-10-12-20(13-11-18)7-6-16-25-24(27)21-14-15-23(19(2)17-21)26-30(28,29)22-8-4-3-5-9-22/h3-5,8-15,17,26H,6-7,16H2,1-2H3,(H,25,27). The SMILES string of the molecule is Cc1ccc(CCCNC(=O)c2ccc(NS(=O)(=O)c3ccccc3)c(C)c2)cc1. The molecule has 3 aromatic carbocycles. The Morgan fingerprint density at radius 3 is 2.27 bits per heavy atom. The van der Waals surface area contributed by atoms with E-state index in [1.54, 1.807) is 43.3 Å². The Morgan fingerprint density at radius 1 is 0.900 bits per heavy atom. The predicted octanol–water partition coefficient (Wildman–Crippen LogP) is 4.47. The Labute approximate surface area is 178 Å². The molecule has 0 aliphatic heterocycles. The highest BCUT2D eigenvalue weighted by Gasteiger charge is 2.15. The number of hydrogen-bond donors (Lipinski definition) is 2. The summed E-state index contributed by atoms with van der Waals surface area (Å²) in [5.41, 5.74) is 4.12. The summed E-state index contributed by atoms with van der Waals surface area (Å²) in [6.07, 6.45) is 1.75. The molecule has 0 radical (unpaired) electrons. The van der Waals surface area contributed by atoms with E-state index in [0.29, 0.717) is 23.4 Å². The van der Waals surface area contributed by atoms with Crippen molar-refractivity contribution in [2.24, 2.45) is 0 Å². The van der Waals surface area contributed by atoms with Crippen molar-refractivity contribution in [3.05, 3.63) is 95.1 Å². The molecule has 0 spiro atoms. The second kappa shape index (κ2) is 9.59. The molecular formula is C24H26N2O3S. The second-order valence-corrected chi connectivity index (χ2v) is 8.98. The van der Waals surface area contributed by atoms with Crippen LogP contribution in [0.2, 0.25) is 0 Å². The zero-order valence-electron chi connectivity index (χ0n) is 17.2. The Hall–Kier alpha value is -3.12. The Bertz CT molecular complexity index is 1110. The maximum atomic E-state index is 12.5. The highest BCUT2D eigenvalue weighted by atomic mass is 32.2. The zero-order chi connectivity index (χ0) is 21.6. The van der Waals surface area contributed by atoms with Gasteiger partial charge in [-0.25, -0.2) is 8.42 Å². The Balaban J connectivity index is 1.56. The zero-order valence-corrected chi connectivity index (χ0v) is 18.0. The molecule has 0 heterocycles. The lowest BCUT2D eigenvalue weighted by Crippen LogP contribution is -2.25. The van der Waals surface area contributed by atoms with Gasteiger partial charge in [0.2, 0.25) is 0 Å². The topological polar surface area (TPSA) is 75.3 Å². The van der Waals surface area contributed by atoms with Crippen LogP contribution < -0.4 is 10.0 Å². The summed E-state index contributed by atoms with van der Waals surface area (Å²) in [5.74, 6) is -0.167. The molecule has 0 aliphatic carbocycles. The lowest BCUT2D eigenvalue weighted by atomic mass is 10.1. The molecule has 1 amide bonds. The first kappa shape index (κ1) is 21.6. The smallest absolute Gasteiger partial charge is 0.261 e. The molecule has 6 heteroatoms. The van der Waals surface area contributed by atoms with Crippen LogP contribution in [0.5, 0.6) is 0 Å². The van der Waals surface area contributed by atoms with Crippen LogP contribution in [0, 0.1) is 13.8 Å². The normalized spacial score (nSPS) is 11.1. The highest BCUT2D eigenvalue weighted by molar-refractivity contribution is 7.92. The van der Waals surface area contributed by atoms with E-state index in [9.17, 15) is 13.2 Å². The van der Waals surface area contributed by atoms with Gasteiger partial charge in [-0.3, -0.25) is 9.52 Å². The molecule has 0 unspecified atom stereocenters. The fraction of sp³-hybridized carbons (Fsp3) is 0.208. The van der Waals surface area contributed by atoms with Crippen LogP contribution in [0.4, 0.5) is 5.69 Å². The van der Waals surface area contributed by atoms with E-state index in [-0.39, 0.29) is 10.8 Å². The molecule has 156 valence electrons. The fourth-order valence-electron chi connectivity index (χ4n) is 3.07. The van der Waals surface area contributed by atoms with Crippen LogP contribution >= 0.6 is 0 Å². The maximum absolute atomic E-state index is 12.5. The van der Waals surface area contributed by atoms with Crippen molar-refractivity contribution in [2.75, 3.05) is 11.3 Å². The van der Waals surface area contributed by atoms with Gasteiger partial charge in [0.15, 0.2) is 0 Å². The average molecular weight is 423 g/mol. The van der Waals surface area contributed by atoms with Gasteiger partial charge in [0.05, 0.1) is 10.6 Å². The van der Waals surface area contributed by atoms with Crippen LogP contribution in [-0.4, -0.2) is 20.9 Å². The molecule has 0 bridgehead atoms. The van der Waals surface area contributed by atoms with Crippen LogP contribution in [0.25, 0.3) is 0 Å². The van der Waals surface area contributed by atoms with E-state index in [2.05, 4.69) is 41.2 Å². The van der Waals surface area contributed by atoms with E-state index in [0.717, 1.165) is 12.8 Å². The third-order valence-corrected chi connectivity index (χ3v) is 6.22. The molecule has 30 heavy (non-hydrogen) atoms. The van der Waals surface area contributed by atoms with Gasteiger partial charge in [-0.2, -0.15) is 0 Å². The number of nitrogens with one attached hydrogen (secondary N) is 2. The monoisotopic (exact) mass is 422 g/mol. The van der Waals surface area contributed by atoms with Gasteiger partial charge in [0.1, 0.15) is 0 Å². The van der Waals surface area contributed by atoms with Gasteiger partial charge in [-0.05, 0) is 68.1 Å². The Morgan fingerprint density at radius 2 is 1.60 bits per heavy atom. The summed E-state index contributed by atoms with van der Waals surface area (Å²) in [4.78, 5) is 12.6. The molecule has 0 aromatic heterocycles. The summed E-state index contributed by atoms with van der Waals surface area (Å²) in [6.45, 7) is 4.41. The number of carbonyl (C=O) groups excluding carboxylic acids is 1. The van der Waals surface area contributed by atoms with Gasteiger partial charge in [-0.1, -0.05) is 48.0 Å². The molecule has 0 saturated heterocycles. The first-order valence-corrected chi connectivity index (χ1v) is 11.4. The minimum Gasteiger partial charge on any atom is -0.352 e. The summed E-state index contributed by atoms with van der Waals surface area (Å²) in [5, 5.41) is 2.92. The number of benzene rings is 3. The van der Waals surface area contributed by atoms with Crippen LogP contribution in [0.3, 0.4) is 0 Å². The Kier molecular flexibility index (Phi) is 6.90. The lowest BCUT2D eigenvalue weighted by Gasteiger charge is -2.12. The largest absolute Gasteiger partial charge is 0.352 e. The molecule has 0 atom stereocenters. The summed E-state index contributed by atoms with van der Waals surface area (Å²) < 4.78 is 27.6. The summed E-state index contributed by atoms with van der Waals surface area (Å²) >= 11 is 0. The molecule has 3 rings (SSSR count). The minimum absolute atomic E-state index is 0.167. The minimum atomic E-state index is -3.67. The number of sulfonamides is 1. The first-order valence-electron chi connectivity index (χ1n) is 9.87. The quantitative estimate of drug-likeness (QED) is 0.526. The van der Waals surface area contributed by atoms with E-state index in [4.69, 9.17) is 0 Å². The number of rotatable bonds is 8. The molecule has 3 aromatic rings. The number of amides is 1. The molecule has 0 saturated carbocycles. The van der Waals surface area contributed by atoms with Crippen molar-refractivity contribution < 1.29 is 13.2 Å². The van der Waals surface area contributed by atoms with Crippen LogP contribution in [0.1, 0.15) is 33.5 Å². The molecule has 5 nitrogen and oxygen atoms in total. The van der Waals surface area contributed by atoms with E-state index >= 15 is 0 Å². The number of hydrogen-bond acceptors (Lipinski definition) is 3. The number of aryl methyl sites for hydroxylation is 3. The van der Waals surface area contributed by atoms with E-state index < -0.39 is 10.0 Å². The third-order valence-electron chi connectivity index (χ3n) is 4.83. The average Bonchev–Trinajstić information content (AvgIpc) is 2.74. The molecule has 2 N–H and O–H groups in total. The fourth-order valence-corrected chi connectivity index (χ4v) is 4.23. The van der Waals surface area contributed by atoms with Crippen molar-refractivity contribution in [1.82, 2.24) is 5.32 Å². The van der Waals surface area contributed by atoms with Crippen LogP contribution in [-0.2, 0) is 16.4 Å².